The zero-order chi connectivity index (χ0) is 16.9. The van der Waals surface area contributed by atoms with Crippen LogP contribution in [0.5, 0.6) is 5.75 Å². The van der Waals surface area contributed by atoms with Gasteiger partial charge >= 0.3 is 5.97 Å². The normalized spacial score (nSPS) is 10.8. The number of rotatable bonds is 4. The number of hydrogen-bond donors (Lipinski definition) is 2. The zero-order valence-corrected chi connectivity index (χ0v) is 12.9. The van der Waals surface area contributed by atoms with Crippen molar-refractivity contribution in [1.29, 1.82) is 0 Å². The second-order valence-corrected chi connectivity index (χ2v) is 5.38. The summed E-state index contributed by atoms with van der Waals surface area (Å²) in [6.07, 6.45) is 3.75. The standard InChI is InChI=1S/C21H16O3/c22-20-18(17-9-5-2-6-10-17)13-16(14-19(20)21(23)24)12-11-15-7-3-1-4-8-15/h1-14,22H,(H,23,24)/b12-11+. The van der Waals surface area contributed by atoms with Crippen molar-refractivity contribution < 1.29 is 15.0 Å². The van der Waals surface area contributed by atoms with Gasteiger partial charge in [-0.3, -0.25) is 0 Å². The molecule has 0 aromatic heterocycles. The molecule has 3 rings (SSSR count). The van der Waals surface area contributed by atoms with Crippen molar-refractivity contribution in [3.8, 4) is 16.9 Å². The molecular weight excluding hydrogens is 300 g/mol. The Kier molecular flexibility index (Phi) is 4.43. The van der Waals surface area contributed by atoms with E-state index in [1.165, 1.54) is 6.07 Å². The van der Waals surface area contributed by atoms with Crippen molar-refractivity contribution in [2.24, 2.45) is 0 Å². The molecule has 0 bridgehead atoms. The summed E-state index contributed by atoms with van der Waals surface area (Å²) >= 11 is 0. The highest BCUT2D eigenvalue weighted by molar-refractivity contribution is 5.95. The number of aromatic carboxylic acids is 1. The molecular formula is C21H16O3. The lowest BCUT2D eigenvalue weighted by Gasteiger charge is -2.09. The highest BCUT2D eigenvalue weighted by Crippen LogP contribution is 2.34. The smallest absolute Gasteiger partial charge is 0.339 e. The van der Waals surface area contributed by atoms with Gasteiger partial charge in [-0.25, -0.2) is 4.79 Å². The van der Waals surface area contributed by atoms with Crippen LogP contribution in [0, 0.1) is 0 Å². The van der Waals surface area contributed by atoms with Gasteiger partial charge in [0.25, 0.3) is 0 Å². The largest absolute Gasteiger partial charge is 0.506 e. The van der Waals surface area contributed by atoms with Gasteiger partial charge in [-0.2, -0.15) is 0 Å². The molecule has 0 saturated carbocycles. The van der Waals surface area contributed by atoms with Gasteiger partial charge in [-0.15, -0.1) is 0 Å². The molecule has 0 fully saturated rings. The van der Waals surface area contributed by atoms with Crippen molar-refractivity contribution >= 4 is 18.1 Å². The van der Waals surface area contributed by atoms with Crippen LogP contribution < -0.4 is 0 Å². The van der Waals surface area contributed by atoms with Crippen molar-refractivity contribution in [2.45, 2.75) is 0 Å². The summed E-state index contributed by atoms with van der Waals surface area (Å²) in [7, 11) is 0. The van der Waals surface area contributed by atoms with Gasteiger partial charge in [0.1, 0.15) is 11.3 Å². The highest BCUT2D eigenvalue weighted by atomic mass is 16.4. The minimum absolute atomic E-state index is 0.107. The summed E-state index contributed by atoms with van der Waals surface area (Å²) in [5.41, 5.74) is 2.90. The summed E-state index contributed by atoms with van der Waals surface area (Å²) in [4.78, 5) is 11.4. The molecule has 0 heterocycles. The second-order valence-electron chi connectivity index (χ2n) is 5.38. The molecule has 3 aromatic rings. The van der Waals surface area contributed by atoms with Crippen LogP contribution in [0.15, 0.2) is 72.8 Å². The molecule has 0 aliphatic rings. The first-order valence-electron chi connectivity index (χ1n) is 7.54. The average Bonchev–Trinajstić information content (AvgIpc) is 2.62. The summed E-state index contributed by atoms with van der Waals surface area (Å²) in [6.45, 7) is 0. The minimum atomic E-state index is -1.15. The van der Waals surface area contributed by atoms with Gasteiger partial charge in [-0.1, -0.05) is 72.8 Å². The summed E-state index contributed by atoms with van der Waals surface area (Å²) in [5.74, 6) is -1.37. The van der Waals surface area contributed by atoms with Crippen molar-refractivity contribution in [1.82, 2.24) is 0 Å². The van der Waals surface area contributed by atoms with E-state index < -0.39 is 5.97 Å². The Bertz CT molecular complexity index is 882. The fourth-order valence-corrected chi connectivity index (χ4v) is 2.51. The molecule has 0 amide bonds. The number of hydrogen-bond acceptors (Lipinski definition) is 2. The van der Waals surface area contributed by atoms with Gasteiger partial charge in [0.15, 0.2) is 0 Å². The first-order chi connectivity index (χ1) is 11.6. The van der Waals surface area contributed by atoms with Crippen LogP contribution in [0.4, 0.5) is 0 Å². The predicted molar refractivity (Wildman–Crippen MR) is 95.9 cm³/mol. The van der Waals surface area contributed by atoms with E-state index in [-0.39, 0.29) is 11.3 Å². The monoisotopic (exact) mass is 316 g/mol. The maximum atomic E-state index is 11.4. The van der Waals surface area contributed by atoms with Crippen LogP contribution in [0.1, 0.15) is 21.5 Å². The molecule has 0 atom stereocenters. The number of carboxylic acids is 1. The zero-order valence-electron chi connectivity index (χ0n) is 12.9. The second kappa shape index (κ2) is 6.84. The van der Waals surface area contributed by atoms with Gasteiger partial charge in [0.05, 0.1) is 0 Å². The number of carboxylic acid groups (broad SMARTS) is 1. The van der Waals surface area contributed by atoms with Crippen LogP contribution >= 0.6 is 0 Å². The van der Waals surface area contributed by atoms with Gasteiger partial charge in [-0.05, 0) is 28.8 Å². The van der Waals surface area contributed by atoms with Crippen LogP contribution in [-0.4, -0.2) is 16.2 Å². The van der Waals surface area contributed by atoms with Crippen molar-refractivity contribution in [3.63, 3.8) is 0 Å². The lowest BCUT2D eigenvalue weighted by molar-refractivity contribution is 0.0694. The number of benzene rings is 3. The van der Waals surface area contributed by atoms with Crippen LogP contribution in [0.25, 0.3) is 23.3 Å². The molecule has 0 aliphatic heterocycles. The van der Waals surface area contributed by atoms with Gasteiger partial charge in [0, 0.05) is 5.56 Å². The molecule has 3 heteroatoms. The van der Waals surface area contributed by atoms with E-state index in [9.17, 15) is 15.0 Å². The first kappa shape index (κ1) is 15.6. The number of phenols is 1. The maximum Gasteiger partial charge on any atom is 0.339 e. The van der Waals surface area contributed by atoms with E-state index in [1.807, 2.05) is 72.8 Å². The molecule has 3 aromatic carbocycles. The first-order valence-corrected chi connectivity index (χ1v) is 7.54. The summed E-state index contributed by atoms with van der Waals surface area (Å²) in [5, 5.41) is 19.7. The molecule has 0 unspecified atom stereocenters. The van der Waals surface area contributed by atoms with E-state index in [4.69, 9.17) is 0 Å². The molecule has 0 saturated heterocycles. The van der Waals surface area contributed by atoms with E-state index in [2.05, 4.69) is 0 Å². The lowest BCUT2D eigenvalue weighted by atomic mass is 9.97. The van der Waals surface area contributed by atoms with Gasteiger partial charge in [0.2, 0.25) is 0 Å². The highest BCUT2D eigenvalue weighted by Gasteiger charge is 2.16. The number of carbonyl (C=O) groups is 1. The average molecular weight is 316 g/mol. The minimum Gasteiger partial charge on any atom is -0.506 e. The predicted octanol–water partition coefficient (Wildman–Crippen LogP) is 4.93. The third kappa shape index (κ3) is 3.36. The summed E-state index contributed by atoms with van der Waals surface area (Å²) < 4.78 is 0. The fourth-order valence-electron chi connectivity index (χ4n) is 2.51. The number of aromatic hydroxyl groups is 1. The third-order valence-corrected chi connectivity index (χ3v) is 3.72. The topological polar surface area (TPSA) is 57.5 Å². The Balaban J connectivity index is 2.09. The molecule has 2 N–H and O–H groups in total. The Morgan fingerprint density at radius 3 is 2.00 bits per heavy atom. The molecule has 0 spiro atoms. The molecule has 118 valence electrons. The van der Waals surface area contributed by atoms with E-state index in [0.717, 1.165) is 11.1 Å². The van der Waals surface area contributed by atoms with Crippen molar-refractivity contribution in [3.05, 3.63) is 89.5 Å². The Labute approximate surface area is 140 Å². The van der Waals surface area contributed by atoms with Crippen LogP contribution in [0.3, 0.4) is 0 Å². The molecule has 3 nitrogen and oxygen atoms in total. The van der Waals surface area contributed by atoms with Crippen molar-refractivity contribution in [2.75, 3.05) is 0 Å². The van der Waals surface area contributed by atoms with E-state index in [1.54, 1.807) is 6.07 Å². The maximum absolute atomic E-state index is 11.4. The van der Waals surface area contributed by atoms with Gasteiger partial charge < -0.3 is 10.2 Å². The van der Waals surface area contributed by atoms with E-state index in [0.29, 0.717) is 11.1 Å². The molecule has 0 aliphatic carbocycles. The SMILES string of the molecule is O=C(O)c1cc(/C=C/c2ccccc2)cc(-c2ccccc2)c1O. The Morgan fingerprint density at radius 2 is 1.38 bits per heavy atom. The molecule has 0 radical (unpaired) electrons. The third-order valence-electron chi connectivity index (χ3n) is 3.72. The lowest BCUT2D eigenvalue weighted by Crippen LogP contribution is -1.99. The van der Waals surface area contributed by atoms with Crippen LogP contribution in [0.2, 0.25) is 0 Å². The quantitative estimate of drug-likeness (QED) is 0.671. The van der Waals surface area contributed by atoms with Crippen LogP contribution in [-0.2, 0) is 0 Å². The Hall–Kier alpha value is -3.33. The molecule has 24 heavy (non-hydrogen) atoms. The Morgan fingerprint density at radius 1 is 0.792 bits per heavy atom. The fraction of sp³-hybridized carbons (Fsp3) is 0. The summed E-state index contributed by atoms with van der Waals surface area (Å²) in [6, 6.07) is 22.3. The van der Waals surface area contributed by atoms with E-state index >= 15 is 0 Å².